The molecule has 0 aromatic heterocycles. The molecule has 0 unspecified atom stereocenters. The maximum atomic E-state index is 10.0. The molecule has 1 saturated carbocycles. The molecule has 1 fully saturated rings. The topological polar surface area (TPSA) is 61.4 Å². The molecule has 1 aliphatic rings. The Morgan fingerprint density at radius 1 is 1.33 bits per heavy atom. The highest BCUT2D eigenvalue weighted by Gasteiger charge is 2.19. The lowest BCUT2D eigenvalue weighted by Gasteiger charge is -2.02. The van der Waals surface area contributed by atoms with Gasteiger partial charge in [-0.05, 0) is 32.2 Å². The van der Waals surface area contributed by atoms with Crippen molar-refractivity contribution in [2.45, 2.75) is 31.7 Å². The van der Waals surface area contributed by atoms with Gasteiger partial charge in [0, 0.05) is 12.6 Å². The third-order valence-corrected chi connectivity index (χ3v) is 1.89. The molecule has 0 radical (unpaired) electrons. The number of amides is 1. The molecule has 3 N–H and O–H groups in total. The predicted molar refractivity (Wildman–Crippen MR) is 46.3 cm³/mol. The van der Waals surface area contributed by atoms with Gasteiger partial charge < -0.3 is 15.7 Å². The molecule has 1 amide bonds. The first-order valence-corrected chi connectivity index (χ1v) is 4.49. The largest absolute Gasteiger partial charge is 0.465 e. The van der Waals surface area contributed by atoms with E-state index in [1.165, 1.54) is 12.8 Å². The Morgan fingerprint density at radius 3 is 2.58 bits per heavy atom. The van der Waals surface area contributed by atoms with Crippen LogP contribution in [-0.2, 0) is 0 Å². The van der Waals surface area contributed by atoms with Gasteiger partial charge in [-0.2, -0.15) is 0 Å². The third-order valence-electron chi connectivity index (χ3n) is 1.89. The van der Waals surface area contributed by atoms with Crippen molar-refractivity contribution in [1.29, 1.82) is 0 Å². The molecule has 12 heavy (non-hydrogen) atoms. The van der Waals surface area contributed by atoms with Crippen molar-refractivity contribution in [2.75, 3.05) is 13.1 Å². The summed E-state index contributed by atoms with van der Waals surface area (Å²) < 4.78 is 0. The first-order valence-electron chi connectivity index (χ1n) is 4.49. The molecule has 0 aromatic rings. The van der Waals surface area contributed by atoms with Crippen LogP contribution in [-0.4, -0.2) is 30.3 Å². The molecule has 1 rings (SSSR count). The highest BCUT2D eigenvalue weighted by Crippen LogP contribution is 2.18. The molecule has 0 saturated heterocycles. The van der Waals surface area contributed by atoms with Crippen molar-refractivity contribution in [3.05, 3.63) is 0 Å². The minimum absolute atomic E-state index is 0.571. The normalized spacial score (nSPS) is 16.0. The molecule has 1 aliphatic carbocycles. The maximum absolute atomic E-state index is 10.0. The van der Waals surface area contributed by atoms with Crippen LogP contribution in [0.25, 0.3) is 0 Å². The minimum Gasteiger partial charge on any atom is -0.465 e. The number of rotatable bonds is 6. The molecule has 4 heteroatoms. The van der Waals surface area contributed by atoms with Crippen LogP contribution in [0.3, 0.4) is 0 Å². The highest BCUT2D eigenvalue weighted by molar-refractivity contribution is 5.64. The Labute approximate surface area is 72.3 Å². The Morgan fingerprint density at radius 2 is 2.00 bits per heavy atom. The van der Waals surface area contributed by atoms with E-state index in [9.17, 15) is 4.79 Å². The van der Waals surface area contributed by atoms with Crippen LogP contribution < -0.4 is 10.6 Å². The van der Waals surface area contributed by atoms with E-state index >= 15 is 0 Å². The van der Waals surface area contributed by atoms with Crippen LogP contribution in [0.15, 0.2) is 0 Å². The maximum Gasteiger partial charge on any atom is 0.404 e. The zero-order valence-electron chi connectivity index (χ0n) is 7.18. The summed E-state index contributed by atoms with van der Waals surface area (Å²) in [6.45, 7) is 1.59. The average molecular weight is 172 g/mol. The average Bonchev–Trinajstić information content (AvgIpc) is 2.79. The molecule has 0 atom stereocenters. The van der Waals surface area contributed by atoms with E-state index in [0.29, 0.717) is 6.54 Å². The van der Waals surface area contributed by atoms with E-state index in [1.807, 2.05) is 0 Å². The lowest BCUT2D eigenvalue weighted by molar-refractivity contribution is 0.194. The number of hydrogen-bond donors (Lipinski definition) is 3. The van der Waals surface area contributed by atoms with E-state index in [0.717, 1.165) is 25.4 Å². The van der Waals surface area contributed by atoms with Gasteiger partial charge in [0.05, 0.1) is 0 Å². The van der Waals surface area contributed by atoms with Crippen LogP contribution in [0.2, 0.25) is 0 Å². The molecule has 0 bridgehead atoms. The number of carboxylic acid groups (broad SMARTS) is 1. The minimum atomic E-state index is -0.926. The lowest BCUT2D eigenvalue weighted by Crippen LogP contribution is -2.23. The van der Waals surface area contributed by atoms with Gasteiger partial charge in [0.1, 0.15) is 0 Å². The molecule has 4 nitrogen and oxygen atoms in total. The summed E-state index contributed by atoms with van der Waals surface area (Å²) in [5.74, 6) is 0. The second kappa shape index (κ2) is 4.98. The molecular formula is C8H16N2O2. The Bertz CT molecular complexity index is 146. The van der Waals surface area contributed by atoms with Gasteiger partial charge in [-0.15, -0.1) is 0 Å². The SMILES string of the molecule is O=C(O)NCCCCNC1CC1. The van der Waals surface area contributed by atoms with E-state index in [2.05, 4.69) is 10.6 Å². The van der Waals surface area contributed by atoms with Crippen molar-refractivity contribution in [1.82, 2.24) is 10.6 Å². The van der Waals surface area contributed by atoms with Crippen molar-refractivity contribution in [2.24, 2.45) is 0 Å². The van der Waals surface area contributed by atoms with Crippen molar-refractivity contribution in [3.8, 4) is 0 Å². The summed E-state index contributed by atoms with van der Waals surface area (Å²) in [6, 6.07) is 0.762. The molecule has 70 valence electrons. The summed E-state index contributed by atoms with van der Waals surface area (Å²) in [7, 11) is 0. The van der Waals surface area contributed by atoms with Gasteiger partial charge in [0.2, 0.25) is 0 Å². The zero-order valence-corrected chi connectivity index (χ0v) is 7.18. The summed E-state index contributed by atoms with van der Waals surface area (Å²) >= 11 is 0. The van der Waals surface area contributed by atoms with Crippen molar-refractivity contribution >= 4 is 6.09 Å². The van der Waals surface area contributed by atoms with Gasteiger partial charge in [0.15, 0.2) is 0 Å². The third kappa shape index (κ3) is 4.96. The van der Waals surface area contributed by atoms with Crippen LogP contribution >= 0.6 is 0 Å². The summed E-state index contributed by atoms with van der Waals surface area (Å²) in [5, 5.41) is 13.9. The van der Waals surface area contributed by atoms with Crippen LogP contribution in [0, 0.1) is 0 Å². The van der Waals surface area contributed by atoms with Gasteiger partial charge >= 0.3 is 6.09 Å². The first kappa shape index (κ1) is 9.32. The standard InChI is InChI=1S/C8H16N2O2/c11-8(12)10-6-2-1-5-9-7-3-4-7/h7,9-10H,1-6H2,(H,11,12). The molecular weight excluding hydrogens is 156 g/mol. The molecule has 0 aromatic carbocycles. The zero-order chi connectivity index (χ0) is 8.81. The number of nitrogens with one attached hydrogen (secondary N) is 2. The van der Waals surface area contributed by atoms with Crippen LogP contribution in [0.4, 0.5) is 4.79 Å². The fourth-order valence-corrected chi connectivity index (χ4v) is 1.04. The highest BCUT2D eigenvalue weighted by atomic mass is 16.4. The monoisotopic (exact) mass is 172 g/mol. The van der Waals surface area contributed by atoms with Crippen molar-refractivity contribution < 1.29 is 9.90 Å². The second-order valence-corrected chi connectivity index (χ2v) is 3.17. The lowest BCUT2D eigenvalue weighted by atomic mass is 10.3. The van der Waals surface area contributed by atoms with E-state index < -0.39 is 6.09 Å². The quantitative estimate of drug-likeness (QED) is 0.519. The van der Waals surface area contributed by atoms with Crippen molar-refractivity contribution in [3.63, 3.8) is 0 Å². The predicted octanol–water partition coefficient (Wildman–Crippen LogP) is 0.786. The number of carbonyl (C=O) groups is 1. The molecule has 0 spiro atoms. The van der Waals surface area contributed by atoms with Gasteiger partial charge in [-0.1, -0.05) is 0 Å². The van der Waals surface area contributed by atoms with E-state index in [4.69, 9.17) is 5.11 Å². The van der Waals surface area contributed by atoms with Crippen LogP contribution in [0.1, 0.15) is 25.7 Å². The Kier molecular flexibility index (Phi) is 3.87. The van der Waals surface area contributed by atoms with Crippen LogP contribution in [0.5, 0.6) is 0 Å². The van der Waals surface area contributed by atoms with Gasteiger partial charge in [-0.25, -0.2) is 4.79 Å². The summed E-state index contributed by atoms with van der Waals surface area (Å²) in [4.78, 5) is 10.0. The first-order chi connectivity index (χ1) is 5.79. The van der Waals surface area contributed by atoms with Gasteiger partial charge in [-0.3, -0.25) is 0 Å². The molecule has 0 heterocycles. The summed E-state index contributed by atoms with van der Waals surface area (Å²) in [6.07, 6.45) is 3.67. The Balaban J connectivity index is 1.73. The fourth-order valence-electron chi connectivity index (χ4n) is 1.04. The fraction of sp³-hybridized carbons (Fsp3) is 0.875. The Hall–Kier alpha value is -0.770. The number of hydrogen-bond acceptors (Lipinski definition) is 2. The van der Waals surface area contributed by atoms with Gasteiger partial charge in [0.25, 0.3) is 0 Å². The second-order valence-electron chi connectivity index (χ2n) is 3.17. The summed E-state index contributed by atoms with van der Waals surface area (Å²) in [5.41, 5.74) is 0. The van der Waals surface area contributed by atoms with E-state index in [-0.39, 0.29) is 0 Å². The number of unbranched alkanes of at least 4 members (excludes halogenated alkanes) is 1. The smallest absolute Gasteiger partial charge is 0.404 e. The van der Waals surface area contributed by atoms with E-state index in [1.54, 1.807) is 0 Å². The molecule has 0 aliphatic heterocycles.